The zero-order valence-corrected chi connectivity index (χ0v) is 11.4. The van der Waals surface area contributed by atoms with Gasteiger partial charge in [-0.3, -0.25) is 10.1 Å². The van der Waals surface area contributed by atoms with Gasteiger partial charge in [0.2, 0.25) is 0 Å². The maximum atomic E-state index is 10.9. The first-order valence-corrected chi connectivity index (χ1v) is 6.48. The number of hydrogen-bond acceptors (Lipinski definition) is 5. The van der Waals surface area contributed by atoms with Gasteiger partial charge in [0.05, 0.1) is 15.4 Å². The smallest absolute Gasteiger partial charge is 0.335 e. The van der Waals surface area contributed by atoms with Crippen LogP contribution in [0.5, 0.6) is 0 Å². The standard InChI is InChI=1S/C12H7ClN2O4S/c13-8-1-2-9(15(18)19)10(6-8)20-11-5-7(12(16)17)3-4-14-11/h1-6H,(H,16,17). The van der Waals surface area contributed by atoms with E-state index in [0.717, 1.165) is 11.8 Å². The van der Waals surface area contributed by atoms with Crippen molar-refractivity contribution in [2.24, 2.45) is 0 Å². The Bertz CT molecular complexity index is 693. The van der Waals surface area contributed by atoms with Crippen LogP contribution in [0.15, 0.2) is 46.5 Å². The highest BCUT2D eigenvalue weighted by Gasteiger charge is 2.16. The number of hydrogen-bond donors (Lipinski definition) is 1. The lowest BCUT2D eigenvalue weighted by atomic mass is 10.3. The number of nitrogens with zero attached hydrogens (tertiary/aromatic N) is 2. The topological polar surface area (TPSA) is 93.3 Å². The van der Waals surface area contributed by atoms with E-state index < -0.39 is 10.9 Å². The zero-order chi connectivity index (χ0) is 14.7. The molecule has 6 nitrogen and oxygen atoms in total. The number of carboxylic acids is 1. The van der Waals surface area contributed by atoms with E-state index >= 15 is 0 Å². The van der Waals surface area contributed by atoms with Crippen LogP contribution in [-0.4, -0.2) is 21.0 Å². The number of carbonyl (C=O) groups is 1. The van der Waals surface area contributed by atoms with Crippen molar-refractivity contribution < 1.29 is 14.8 Å². The number of nitro benzene ring substituents is 1. The highest BCUT2D eigenvalue weighted by atomic mass is 35.5. The number of halogens is 1. The molecule has 0 spiro atoms. The number of aromatic carboxylic acids is 1. The van der Waals surface area contributed by atoms with Gasteiger partial charge in [0.25, 0.3) is 5.69 Å². The molecule has 0 atom stereocenters. The van der Waals surface area contributed by atoms with E-state index in [4.69, 9.17) is 16.7 Å². The van der Waals surface area contributed by atoms with Crippen LogP contribution in [0.3, 0.4) is 0 Å². The number of nitro groups is 1. The van der Waals surface area contributed by atoms with Gasteiger partial charge in [-0.2, -0.15) is 0 Å². The molecule has 0 aliphatic carbocycles. The van der Waals surface area contributed by atoms with Crippen LogP contribution in [0.25, 0.3) is 0 Å². The molecule has 0 saturated carbocycles. The first-order chi connectivity index (χ1) is 9.47. The fraction of sp³-hybridized carbons (Fsp3) is 0. The molecule has 0 saturated heterocycles. The van der Waals surface area contributed by atoms with Crippen molar-refractivity contribution in [2.45, 2.75) is 9.92 Å². The number of aromatic nitrogens is 1. The van der Waals surface area contributed by atoms with Crippen molar-refractivity contribution in [3.8, 4) is 0 Å². The Hall–Kier alpha value is -2.12. The van der Waals surface area contributed by atoms with E-state index in [1.54, 1.807) is 0 Å². The van der Waals surface area contributed by atoms with Crippen molar-refractivity contribution in [1.29, 1.82) is 0 Å². The van der Waals surface area contributed by atoms with E-state index in [9.17, 15) is 14.9 Å². The lowest BCUT2D eigenvalue weighted by molar-refractivity contribution is -0.387. The SMILES string of the molecule is O=C(O)c1ccnc(Sc2cc(Cl)ccc2[N+](=O)[O-])c1. The van der Waals surface area contributed by atoms with E-state index in [1.165, 1.54) is 36.5 Å². The molecule has 0 amide bonds. The molecule has 102 valence electrons. The van der Waals surface area contributed by atoms with Gasteiger partial charge in [-0.1, -0.05) is 23.4 Å². The van der Waals surface area contributed by atoms with Gasteiger partial charge in [0.15, 0.2) is 0 Å². The van der Waals surface area contributed by atoms with Crippen LogP contribution in [0.1, 0.15) is 10.4 Å². The Morgan fingerprint density at radius 1 is 1.35 bits per heavy atom. The number of pyridine rings is 1. The summed E-state index contributed by atoms with van der Waals surface area (Å²) in [6, 6.07) is 6.85. The average Bonchev–Trinajstić information content (AvgIpc) is 2.38. The summed E-state index contributed by atoms with van der Waals surface area (Å²) in [6.07, 6.45) is 1.34. The van der Waals surface area contributed by atoms with Crippen LogP contribution in [0.2, 0.25) is 5.02 Å². The summed E-state index contributed by atoms with van der Waals surface area (Å²) in [7, 11) is 0. The average molecular weight is 311 g/mol. The Balaban J connectivity index is 2.39. The first-order valence-electron chi connectivity index (χ1n) is 5.28. The summed E-state index contributed by atoms with van der Waals surface area (Å²) in [6.45, 7) is 0. The van der Waals surface area contributed by atoms with Crippen molar-refractivity contribution in [3.05, 3.63) is 57.2 Å². The molecule has 20 heavy (non-hydrogen) atoms. The summed E-state index contributed by atoms with van der Waals surface area (Å²) < 4.78 is 0. The van der Waals surface area contributed by atoms with E-state index in [-0.39, 0.29) is 11.3 Å². The Morgan fingerprint density at radius 3 is 2.75 bits per heavy atom. The second-order valence-corrected chi connectivity index (χ2v) is 5.16. The molecular weight excluding hydrogens is 304 g/mol. The van der Waals surface area contributed by atoms with Gasteiger partial charge in [0, 0.05) is 17.3 Å². The van der Waals surface area contributed by atoms with Gasteiger partial charge >= 0.3 is 5.97 Å². The fourth-order valence-corrected chi connectivity index (χ4v) is 2.63. The van der Waals surface area contributed by atoms with Crippen LogP contribution in [-0.2, 0) is 0 Å². The number of rotatable bonds is 4. The minimum absolute atomic E-state index is 0.0622. The lowest BCUT2D eigenvalue weighted by Gasteiger charge is -2.03. The van der Waals surface area contributed by atoms with E-state index in [1.807, 2.05) is 0 Å². The fourth-order valence-electron chi connectivity index (χ4n) is 1.43. The molecule has 0 unspecified atom stereocenters. The lowest BCUT2D eigenvalue weighted by Crippen LogP contribution is -1.97. The normalized spacial score (nSPS) is 10.2. The van der Waals surface area contributed by atoms with Crippen molar-refractivity contribution in [3.63, 3.8) is 0 Å². The second kappa shape index (κ2) is 5.89. The maximum Gasteiger partial charge on any atom is 0.335 e. The first kappa shape index (κ1) is 14.3. The molecule has 1 heterocycles. The minimum Gasteiger partial charge on any atom is -0.478 e. The molecular formula is C12H7ClN2O4S. The Labute approximate surface area is 122 Å². The Kier molecular flexibility index (Phi) is 4.21. The molecule has 2 aromatic rings. The number of carboxylic acid groups (broad SMARTS) is 1. The predicted molar refractivity (Wildman–Crippen MR) is 73.4 cm³/mol. The third-order valence-corrected chi connectivity index (χ3v) is 3.53. The third kappa shape index (κ3) is 3.25. The van der Waals surface area contributed by atoms with Gasteiger partial charge < -0.3 is 5.11 Å². The van der Waals surface area contributed by atoms with Crippen LogP contribution in [0.4, 0.5) is 5.69 Å². The largest absolute Gasteiger partial charge is 0.478 e. The van der Waals surface area contributed by atoms with Gasteiger partial charge in [-0.25, -0.2) is 9.78 Å². The molecule has 0 aliphatic rings. The van der Waals surface area contributed by atoms with Crippen LogP contribution in [0, 0.1) is 10.1 Å². The molecule has 1 N–H and O–H groups in total. The highest BCUT2D eigenvalue weighted by Crippen LogP contribution is 2.35. The summed E-state index contributed by atoms with van der Waals surface area (Å²) in [5.41, 5.74) is -0.0471. The summed E-state index contributed by atoms with van der Waals surface area (Å²) in [5.74, 6) is -1.09. The highest BCUT2D eigenvalue weighted by molar-refractivity contribution is 7.99. The number of benzene rings is 1. The van der Waals surface area contributed by atoms with Crippen LogP contribution < -0.4 is 0 Å². The monoisotopic (exact) mass is 310 g/mol. The second-order valence-electron chi connectivity index (χ2n) is 3.66. The Morgan fingerprint density at radius 2 is 2.10 bits per heavy atom. The van der Waals surface area contributed by atoms with Crippen molar-refractivity contribution >= 4 is 35.0 Å². The summed E-state index contributed by atoms with van der Waals surface area (Å²) in [5, 5.41) is 20.5. The quantitative estimate of drug-likeness (QED) is 0.686. The molecule has 0 fully saturated rings. The third-order valence-electron chi connectivity index (χ3n) is 2.31. The van der Waals surface area contributed by atoms with Gasteiger partial charge in [-0.15, -0.1) is 0 Å². The molecule has 2 rings (SSSR count). The summed E-state index contributed by atoms with van der Waals surface area (Å²) >= 11 is 6.81. The molecule has 1 aromatic heterocycles. The van der Waals surface area contributed by atoms with Gasteiger partial charge in [-0.05, 0) is 24.3 Å². The van der Waals surface area contributed by atoms with Crippen LogP contribution >= 0.6 is 23.4 Å². The van der Waals surface area contributed by atoms with Crippen molar-refractivity contribution in [2.75, 3.05) is 0 Å². The molecule has 0 aliphatic heterocycles. The predicted octanol–water partition coefficient (Wildman–Crippen LogP) is 3.49. The zero-order valence-electron chi connectivity index (χ0n) is 9.82. The molecule has 0 bridgehead atoms. The maximum absolute atomic E-state index is 10.9. The van der Waals surface area contributed by atoms with Crippen molar-refractivity contribution in [1.82, 2.24) is 4.98 Å². The minimum atomic E-state index is -1.09. The van der Waals surface area contributed by atoms with E-state index in [2.05, 4.69) is 4.98 Å². The molecule has 8 heteroatoms. The molecule has 1 aromatic carbocycles. The van der Waals surface area contributed by atoms with E-state index in [0.29, 0.717) is 14.9 Å². The molecule has 0 radical (unpaired) electrons. The summed E-state index contributed by atoms with van der Waals surface area (Å²) in [4.78, 5) is 25.6. The van der Waals surface area contributed by atoms with Gasteiger partial charge in [0.1, 0.15) is 5.03 Å².